The first-order valence-electron chi connectivity index (χ1n) is 8.61. The van der Waals surface area contributed by atoms with Crippen molar-refractivity contribution < 1.29 is 4.79 Å². The van der Waals surface area contributed by atoms with Crippen molar-refractivity contribution in [2.45, 2.75) is 6.04 Å². The maximum atomic E-state index is 12.9. The minimum Gasteiger partial charge on any atom is -0.347 e. The van der Waals surface area contributed by atoms with Crippen LogP contribution in [-0.2, 0) is 4.79 Å². The quantitative estimate of drug-likeness (QED) is 0.634. The fourth-order valence-corrected chi connectivity index (χ4v) is 2.79. The molecule has 3 aromatic rings. The highest BCUT2D eigenvalue weighted by molar-refractivity contribution is 6.13. The second-order valence-corrected chi connectivity index (χ2v) is 6.26. The molecular formula is C23H22N2O. The van der Waals surface area contributed by atoms with E-state index in [1.54, 1.807) is 19.0 Å². The van der Waals surface area contributed by atoms with E-state index in [0.29, 0.717) is 0 Å². The van der Waals surface area contributed by atoms with Crippen molar-refractivity contribution in [3.8, 4) is 0 Å². The second kappa shape index (κ2) is 8.26. The summed E-state index contributed by atoms with van der Waals surface area (Å²) in [7, 11) is 3.52. The van der Waals surface area contributed by atoms with E-state index in [4.69, 9.17) is 4.99 Å². The van der Waals surface area contributed by atoms with E-state index in [0.717, 1.165) is 22.4 Å². The average molecular weight is 342 g/mol. The van der Waals surface area contributed by atoms with Crippen LogP contribution in [0.25, 0.3) is 0 Å². The van der Waals surface area contributed by atoms with Gasteiger partial charge in [-0.05, 0) is 5.56 Å². The number of rotatable bonds is 5. The minimum absolute atomic E-state index is 0.0411. The fraction of sp³-hybridized carbons (Fsp3) is 0.130. The van der Waals surface area contributed by atoms with Gasteiger partial charge in [0, 0.05) is 25.2 Å². The van der Waals surface area contributed by atoms with E-state index in [2.05, 4.69) is 0 Å². The predicted octanol–water partition coefficient (Wildman–Crippen LogP) is 4.35. The van der Waals surface area contributed by atoms with Gasteiger partial charge in [0.25, 0.3) is 5.91 Å². The lowest BCUT2D eigenvalue weighted by atomic mass is 10.0. The van der Waals surface area contributed by atoms with Crippen LogP contribution in [0.3, 0.4) is 0 Å². The van der Waals surface area contributed by atoms with Crippen molar-refractivity contribution in [3.05, 3.63) is 108 Å². The van der Waals surface area contributed by atoms with Crippen molar-refractivity contribution in [2.24, 2.45) is 4.99 Å². The van der Waals surface area contributed by atoms with Crippen molar-refractivity contribution in [1.29, 1.82) is 0 Å². The first-order valence-corrected chi connectivity index (χ1v) is 8.61. The van der Waals surface area contributed by atoms with E-state index < -0.39 is 6.04 Å². The number of carbonyl (C=O) groups is 1. The monoisotopic (exact) mass is 342 g/mol. The summed E-state index contributed by atoms with van der Waals surface area (Å²) in [5, 5.41) is 0. The Bertz CT molecular complexity index is 830. The molecule has 0 aliphatic rings. The number of carbonyl (C=O) groups excluding carboxylic acids is 1. The zero-order chi connectivity index (χ0) is 18.4. The van der Waals surface area contributed by atoms with Gasteiger partial charge in [0.05, 0.1) is 5.71 Å². The lowest BCUT2D eigenvalue weighted by molar-refractivity contribution is -0.130. The fourth-order valence-electron chi connectivity index (χ4n) is 2.79. The molecule has 0 aliphatic carbocycles. The minimum atomic E-state index is -0.582. The van der Waals surface area contributed by atoms with Gasteiger partial charge in [-0.15, -0.1) is 0 Å². The summed E-state index contributed by atoms with van der Waals surface area (Å²) < 4.78 is 0. The first kappa shape index (κ1) is 17.6. The topological polar surface area (TPSA) is 32.7 Å². The highest BCUT2D eigenvalue weighted by Crippen LogP contribution is 2.23. The predicted molar refractivity (Wildman–Crippen MR) is 106 cm³/mol. The largest absolute Gasteiger partial charge is 0.347 e. The van der Waals surface area contributed by atoms with Gasteiger partial charge in [-0.3, -0.25) is 9.79 Å². The Morgan fingerprint density at radius 3 is 1.58 bits per heavy atom. The standard InChI is InChI=1S/C23H22N2O/c1-25(2)23(26)22(20-16-10-5-11-17-20)24-21(18-12-6-3-7-13-18)19-14-8-4-9-15-19/h3-17,22H,1-2H3. The normalized spacial score (nSPS) is 11.5. The van der Waals surface area contributed by atoms with Crippen LogP contribution in [0.4, 0.5) is 0 Å². The summed E-state index contributed by atoms with van der Waals surface area (Å²) in [6.45, 7) is 0. The Morgan fingerprint density at radius 2 is 1.15 bits per heavy atom. The zero-order valence-electron chi connectivity index (χ0n) is 15.0. The van der Waals surface area contributed by atoms with Gasteiger partial charge in [0.1, 0.15) is 0 Å². The second-order valence-electron chi connectivity index (χ2n) is 6.26. The summed E-state index contributed by atoms with van der Waals surface area (Å²) in [5.74, 6) is -0.0411. The van der Waals surface area contributed by atoms with Crippen LogP contribution in [0, 0.1) is 0 Å². The molecule has 0 saturated carbocycles. The molecule has 3 rings (SSSR count). The molecule has 0 aliphatic heterocycles. The van der Waals surface area contributed by atoms with Crippen molar-refractivity contribution in [2.75, 3.05) is 14.1 Å². The molecule has 0 saturated heterocycles. The molecule has 3 heteroatoms. The molecule has 0 radical (unpaired) electrons. The Hall–Kier alpha value is -3.20. The van der Waals surface area contributed by atoms with Crippen molar-refractivity contribution in [3.63, 3.8) is 0 Å². The third kappa shape index (κ3) is 4.06. The summed E-state index contributed by atoms with van der Waals surface area (Å²) >= 11 is 0. The van der Waals surface area contributed by atoms with Crippen LogP contribution in [-0.4, -0.2) is 30.6 Å². The Balaban J connectivity index is 2.16. The maximum absolute atomic E-state index is 12.9. The third-order valence-electron chi connectivity index (χ3n) is 4.14. The first-order chi connectivity index (χ1) is 12.7. The van der Waals surface area contributed by atoms with Crippen LogP contribution in [0.2, 0.25) is 0 Å². The molecule has 130 valence electrons. The van der Waals surface area contributed by atoms with E-state index in [9.17, 15) is 4.79 Å². The molecule has 0 spiro atoms. The molecule has 0 fully saturated rings. The van der Waals surface area contributed by atoms with Crippen molar-refractivity contribution in [1.82, 2.24) is 4.90 Å². The molecule has 1 unspecified atom stereocenters. The van der Waals surface area contributed by atoms with Crippen LogP contribution in [0.5, 0.6) is 0 Å². The molecule has 0 heterocycles. The van der Waals surface area contributed by atoms with Crippen LogP contribution >= 0.6 is 0 Å². The summed E-state index contributed by atoms with van der Waals surface area (Å²) in [4.78, 5) is 19.4. The van der Waals surface area contributed by atoms with Gasteiger partial charge in [-0.1, -0.05) is 91.0 Å². The third-order valence-corrected chi connectivity index (χ3v) is 4.14. The van der Waals surface area contributed by atoms with Gasteiger partial charge in [-0.25, -0.2) is 0 Å². The number of hydrogen-bond donors (Lipinski definition) is 0. The molecule has 3 nitrogen and oxygen atoms in total. The summed E-state index contributed by atoms with van der Waals surface area (Å²) in [6, 6.07) is 29.1. The van der Waals surface area contributed by atoms with E-state index >= 15 is 0 Å². The number of aliphatic imine (C=N–C) groups is 1. The SMILES string of the molecule is CN(C)C(=O)C(N=C(c1ccccc1)c1ccccc1)c1ccccc1. The van der Waals surface area contributed by atoms with Gasteiger partial charge >= 0.3 is 0 Å². The Kier molecular flexibility index (Phi) is 5.59. The van der Waals surface area contributed by atoms with Crippen molar-refractivity contribution >= 4 is 11.6 Å². The molecule has 26 heavy (non-hydrogen) atoms. The number of nitrogens with zero attached hydrogens (tertiary/aromatic N) is 2. The molecule has 0 bridgehead atoms. The molecule has 3 aromatic carbocycles. The lowest BCUT2D eigenvalue weighted by Gasteiger charge is -2.19. The van der Waals surface area contributed by atoms with Crippen LogP contribution in [0.15, 0.2) is 96.0 Å². The maximum Gasteiger partial charge on any atom is 0.251 e. The molecule has 0 aromatic heterocycles. The molecule has 0 N–H and O–H groups in total. The number of benzene rings is 3. The van der Waals surface area contributed by atoms with E-state index in [1.807, 2.05) is 91.0 Å². The average Bonchev–Trinajstić information content (AvgIpc) is 2.70. The number of likely N-dealkylation sites (N-methyl/N-ethyl adjacent to an activating group) is 1. The Morgan fingerprint density at radius 1 is 0.731 bits per heavy atom. The van der Waals surface area contributed by atoms with Crippen LogP contribution < -0.4 is 0 Å². The lowest BCUT2D eigenvalue weighted by Crippen LogP contribution is -2.28. The zero-order valence-corrected chi connectivity index (χ0v) is 15.0. The molecule has 1 amide bonds. The highest BCUT2D eigenvalue weighted by atomic mass is 16.2. The van der Waals surface area contributed by atoms with E-state index in [1.165, 1.54) is 0 Å². The Labute approximate surface area is 154 Å². The van der Waals surface area contributed by atoms with Gasteiger partial charge in [0.2, 0.25) is 0 Å². The smallest absolute Gasteiger partial charge is 0.251 e. The van der Waals surface area contributed by atoms with Gasteiger partial charge < -0.3 is 4.90 Å². The highest BCUT2D eigenvalue weighted by Gasteiger charge is 2.23. The number of hydrogen-bond acceptors (Lipinski definition) is 2. The van der Waals surface area contributed by atoms with Gasteiger partial charge in [0.15, 0.2) is 6.04 Å². The van der Waals surface area contributed by atoms with E-state index in [-0.39, 0.29) is 5.91 Å². The summed E-state index contributed by atoms with van der Waals surface area (Å²) in [5.41, 5.74) is 3.68. The number of amides is 1. The summed E-state index contributed by atoms with van der Waals surface area (Å²) in [6.07, 6.45) is 0. The molecule has 1 atom stereocenters. The van der Waals surface area contributed by atoms with Gasteiger partial charge in [-0.2, -0.15) is 0 Å². The molecular weight excluding hydrogens is 320 g/mol. The van der Waals surface area contributed by atoms with Crippen LogP contribution in [0.1, 0.15) is 22.7 Å².